The number of rotatable bonds is 8. The van der Waals surface area contributed by atoms with Gasteiger partial charge in [0.1, 0.15) is 38.5 Å². The van der Waals surface area contributed by atoms with Crippen molar-refractivity contribution in [3.63, 3.8) is 0 Å². The van der Waals surface area contributed by atoms with Crippen molar-refractivity contribution in [2.75, 3.05) is 46.4 Å². The van der Waals surface area contributed by atoms with E-state index >= 15 is 0 Å². The highest BCUT2D eigenvalue weighted by atomic mass is 35.5. The molecular formula is C22H30ClN3O2+2. The molecule has 2 aromatic rings. The molecule has 0 aliphatic carbocycles. The molecule has 6 heteroatoms. The number of benzene rings is 2. The van der Waals surface area contributed by atoms with Gasteiger partial charge in [-0.05, 0) is 36.2 Å². The molecule has 0 aromatic heterocycles. The van der Waals surface area contributed by atoms with Crippen molar-refractivity contribution in [2.45, 2.75) is 13.0 Å². The van der Waals surface area contributed by atoms with Gasteiger partial charge in [-0.25, -0.2) is 0 Å². The lowest BCUT2D eigenvalue weighted by Crippen LogP contribution is -3.28. The van der Waals surface area contributed by atoms with Crippen molar-refractivity contribution in [3.8, 4) is 5.75 Å². The molecule has 2 aromatic carbocycles. The Morgan fingerprint density at radius 1 is 0.964 bits per heavy atom. The third kappa shape index (κ3) is 6.51. The molecular weight excluding hydrogens is 374 g/mol. The van der Waals surface area contributed by atoms with Crippen molar-refractivity contribution >= 4 is 17.5 Å². The van der Waals surface area contributed by atoms with Crippen molar-refractivity contribution in [1.29, 1.82) is 0 Å². The molecule has 1 heterocycles. The number of halogens is 1. The first-order chi connectivity index (χ1) is 13.6. The number of nitrogens with one attached hydrogen (secondary N) is 3. The first kappa shape index (κ1) is 20.6. The van der Waals surface area contributed by atoms with E-state index in [0.29, 0.717) is 13.1 Å². The topological polar surface area (TPSA) is 47.2 Å². The zero-order valence-corrected chi connectivity index (χ0v) is 17.2. The van der Waals surface area contributed by atoms with Gasteiger partial charge < -0.3 is 19.9 Å². The van der Waals surface area contributed by atoms with E-state index in [2.05, 4.69) is 17.4 Å². The average Bonchev–Trinajstić information content (AvgIpc) is 2.72. The number of amides is 1. The SMILES string of the molecule is COc1ccc(CCNC(=O)C[NH+]2CC[NH+](Cc3ccc(Cl)cc3)CC2)cc1. The predicted molar refractivity (Wildman–Crippen MR) is 111 cm³/mol. The molecule has 28 heavy (non-hydrogen) atoms. The summed E-state index contributed by atoms with van der Waals surface area (Å²) in [5.41, 5.74) is 2.52. The number of carbonyl (C=O) groups excluding carboxylic acids is 1. The molecule has 1 saturated heterocycles. The molecule has 0 bridgehead atoms. The second-order valence-electron chi connectivity index (χ2n) is 7.43. The summed E-state index contributed by atoms with van der Waals surface area (Å²) in [5, 5.41) is 3.84. The van der Waals surface area contributed by atoms with E-state index in [-0.39, 0.29) is 5.91 Å². The zero-order chi connectivity index (χ0) is 19.8. The second-order valence-corrected chi connectivity index (χ2v) is 7.86. The summed E-state index contributed by atoms with van der Waals surface area (Å²) in [6.07, 6.45) is 0.837. The average molecular weight is 404 g/mol. The van der Waals surface area contributed by atoms with Gasteiger partial charge in [0, 0.05) is 17.1 Å². The van der Waals surface area contributed by atoms with Crippen LogP contribution in [0.25, 0.3) is 0 Å². The quantitative estimate of drug-likeness (QED) is 0.580. The summed E-state index contributed by atoms with van der Waals surface area (Å²) in [7, 11) is 1.66. The van der Waals surface area contributed by atoms with Crippen LogP contribution in [0.5, 0.6) is 5.75 Å². The Bertz CT molecular complexity index is 741. The van der Waals surface area contributed by atoms with Gasteiger partial charge >= 0.3 is 0 Å². The van der Waals surface area contributed by atoms with Crippen LogP contribution in [0.4, 0.5) is 0 Å². The molecule has 0 radical (unpaired) electrons. The number of hydrogen-bond acceptors (Lipinski definition) is 2. The van der Waals surface area contributed by atoms with Crippen LogP contribution in [-0.4, -0.2) is 52.3 Å². The Morgan fingerprint density at radius 2 is 1.57 bits per heavy atom. The van der Waals surface area contributed by atoms with Crippen LogP contribution in [0.3, 0.4) is 0 Å². The van der Waals surface area contributed by atoms with Gasteiger partial charge in [-0.15, -0.1) is 0 Å². The van der Waals surface area contributed by atoms with Crippen molar-refractivity contribution in [3.05, 3.63) is 64.7 Å². The Morgan fingerprint density at radius 3 is 2.21 bits per heavy atom. The van der Waals surface area contributed by atoms with Crippen LogP contribution >= 0.6 is 11.6 Å². The fraction of sp³-hybridized carbons (Fsp3) is 0.409. The van der Waals surface area contributed by atoms with Crippen LogP contribution < -0.4 is 19.9 Å². The summed E-state index contributed by atoms with van der Waals surface area (Å²) in [5.74, 6) is 0.999. The Hall–Kier alpha value is -2.08. The van der Waals surface area contributed by atoms with E-state index in [1.165, 1.54) is 16.0 Å². The molecule has 0 spiro atoms. The highest BCUT2D eigenvalue weighted by Gasteiger charge is 2.24. The van der Waals surface area contributed by atoms with Gasteiger partial charge in [0.05, 0.1) is 7.11 Å². The number of carbonyl (C=O) groups is 1. The summed E-state index contributed by atoms with van der Waals surface area (Å²) < 4.78 is 5.16. The van der Waals surface area contributed by atoms with Crippen molar-refractivity contribution in [1.82, 2.24) is 5.32 Å². The van der Waals surface area contributed by atoms with Crippen LogP contribution in [0.15, 0.2) is 48.5 Å². The van der Waals surface area contributed by atoms with Crippen LogP contribution in [0.1, 0.15) is 11.1 Å². The predicted octanol–water partition coefficient (Wildman–Crippen LogP) is -0.00910. The minimum atomic E-state index is 0.143. The van der Waals surface area contributed by atoms with Gasteiger partial charge in [-0.1, -0.05) is 35.9 Å². The lowest BCUT2D eigenvalue weighted by atomic mass is 10.1. The molecule has 0 saturated carbocycles. The summed E-state index contributed by atoms with van der Waals surface area (Å²) in [6, 6.07) is 16.1. The highest BCUT2D eigenvalue weighted by molar-refractivity contribution is 6.30. The fourth-order valence-corrected chi connectivity index (χ4v) is 3.76. The summed E-state index contributed by atoms with van der Waals surface area (Å²) in [4.78, 5) is 15.2. The van der Waals surface area contributed by atoms with E-state index in [1.54, 1.807) is 12.0 Å². The fourth-order valence-electron chi connectivity index (χ4n) is 3.63. The lowest BCUT2D eigenvalue weighted by Gasteiger charge is -2.29. The van der Waals surface area contributed by atoms with Gasteiger partial charge in [0.15, 0.2) is 6.54 Å². The number of hydrogen-bond donors (Lipinski definition) is 3. The summed E-state index contributed by atoms with van der Waals surface area (Å²) >= 11 is 5.95. The van der Waals surface area contributed by atoms with Gasteiger partial charge in [0.2, 0.25) is 0 Å². The third-order valence-corrected chi connectivity index (χ3v) is 5.59. The largest absolute Gasteiger partial charge is 0.497 e. The first-order valence-corrected chi connectivity index (χ1v) is 10.3. The van der Waals surface area contributed by atoms with Crippen molar-refractivity contribution < 1.29 is 19.3 Å². The maximum absolute atomic E-state index is 12.2. The molecule has 1 aliphatic rings. The third-order valence-electron chi connectivity index (χ3n) is 5.34. The van der Waals surface area contributed by atoms with Crippen molar-refractivity contribution in [2.24, 2.45) is 0 Å². The van der Waals surface area contributed by atoms with Gasteiger partial charge in [-0.2, -0.15) is 0 Å². The van der Waals surface area contributed by atoms with Gasteiger partial charge in [0.25, 0.3) is 5.91 Å². The molecule has 3 rings (SSSR count). The number of piperazine rings is 1. The molecule has 0 unspecified atom stereocenters. The minimum absolute atomic E-state index is 0.143. The molecule has 1 aliphatic heterocycles. The van der Waals surface area contributed by atoms with Crippen LogP contribution in [0, 0.1) is 0 Å². The molecule has 3 N–H and O–H groups in total. The van der Waals surface area contributed by atoms with E-state index in [9.17, 15) is 4.79 Å². The molecule has 1 fully saturated rings. The smallest absolute Gasteiger partial charge is 0.275 e. The number of quaternary nitrogens is 2. The first-order valence-electron chi connectivity index (χ1n) is 9.93. The molecule has 1 amide bonds. The highest BCUT2D eigenvalue weighted by Crippen LogP contribution is 2.11. The second kappa shape index (κ2) is 10.5. The normalized spacial score (nSPS) is 19.2. The molecule has 150 valence electrons. The Labute approximate surface area is 172 Å². The zero-order valence-electron chi connectivity index (χ0n) is 16.5. The van der Waals surface area contributed by atoms with Crippen LogP contribution in [0.2, 0.25) is 5.02 Å². The maximum atomic E-state index is 12.2. The monoisotopic (exact) mass is 403 g/mol. The van der Waals surface area contributed by atoms with E-state index in [4.69, 9.17) is 16.3 Å². The molecule has 5 nitrogen and oxygen atoms in total. The van der Waals surface area contributed by atoms with Crippen LogP contribution in [-0.2, 0) is 17.8 Å². The Balaban J connectivity index is 1.32. The summed E-state index contributed by atoms with van der Waals surface area (Å²) in [6.45, 7) is 6.53. The lowest BCUT2D eigenvalue weighted by molar-refractivity contribution is -1.02. The van der Waals surface area contributed by atoms with E-state index in [0.717, 1.165) is 49.9 Å². The molecule has 0 atom stereocenters. The maximum Gasteiger partial charge on any atom is 0.275 e. The van der Waals surface area contributed by atoms with E-state index < -0.39 is 0 Å². The van der Waals surface area contributed by atoms with Gasteiger partial charge in [-0.3, -0.25) is 4.79 Å². The number of ether oxygens (including phenoxy) is 1. The number of methoxy groups -OCH3 is 1. The minimum Gasteiger partial charge on any atom is -0.497 e. The standard InChI is InChI=1S/C22H28ClN3O2/c1-28-21-8-4-18(5-9-21)10-11-24-22(27)17-26-14-12-25(13-15-26)16-19-2-6-20(23)7-3-19/h2-9H,10-17H2,1H3,(H,24,27)/p+2. The Kier molecular flexibility index (Phi) is 7.71. The van der Waals surface area contributed by atoms with E-state index in [1.807, 2.05) is 36.4 Å².